The van der Waals surface area contributed by atoms with Crippen LogP contribution >= 0.6 is 0 Å². The van der Waals surface area contributed by atoms with Gasteiger partial charge in [0.25, 0.3) is 0 Å². The zero-order valence-corrected chi connectivity index (χ0v) is 10.4. The van der Waals surface area contributed by atoms with Gasteiger partial charge >= 0.3 is 5.97 Å². The molecule has 0 aliphatic carbocycles. The van der Waals surface area contributed by atoms with Crippen molar-refractivity contribution in [2.24, 2.45) is 0 Å². The molecule has 0 aliphatic heterocycles. The average Bonchev–Trinajstić information content (AvgIpc) is 3.10. The third kappa shape index (κ3) is 2.44. The quantitative estimate of drug-likeness (QED) is 0.784. The Labute approximate surface area is 114 Å². The highest BCUT2D eigenvalue weighted by atomic mass is 16.4. The standard InChI is InChI=1S/C14H11N3O3/c18-14(19)8-10-3-5-11(6-4-10)17-9-12(15-16-17)13-2-1-7-20-13/h1-7,9H,8H2,(H,18,19). The molecule has 1 N–H and O–H groups in total. The van der Waals surface area contributed by atoms with Crippen LogP contribution in [0.5, 0.6) is 0 Å². The van der Waals surface area contributed by atoms with Crippen LogP contribution in [-0.2, 0) is 11.2 Å². The van der Waals surface area contributed by atoms with E-state index in [-0.39, 0.29) is 6.42 Å². The molecular formula is C14H11N3O3. The summed E-state index contributed by atoms with van der Waals surface area (Å²) in [6, 6.07) is 10.7. The van der Waals surface area contributed by atoms with E-state index in [1.807, 2.05) is 6.07 Å². The lowest BCUT2D eigenvalue weighted by Gasteiger charge is -2.01. The van der Waals surface area contributed by atoms with Crippen molar-refractivity contribution in [1.29, 1.82) is 0 Å². The number of rotatable bonds is 4. The molecule has 0 saturated heterocycles. The number of nitrogens with zero attached hydrogens (tertiary/aromatic N) is 3. The predicted molar refractivity (Wildman–Crippen MR) is 70.4 cm³/mol. The summed E-state index contributed by atoms with van der Waals surface area (Å²) in [6.07, 6.45) is 3.34. The van der Waals surface area contributed by atoms with Crippen molar-refractivity contribution in [2.75, 3.05) is 0 Å². The van der Waals surface area contributed by atoms with Crippen molar-refractivity contribution in [3.05, 3.63) is 54.4 Å². The van der Waals surface area contributed by atoms with Crippen LogP contribution in [0.15, 0.2) is 53.3 Å². The molecule has 6 nitrogen and oxygen atoms in total. The molecule has 0 amide bonds. The van der Waals surface area contributed by atoms with E-state index in [0.29, 0.717) is 11.5 Å². The minimum Gasteiger partial charge on any atom is -0.481 e. The van der Waals surface area contributed by atoms with Crippen molar-refractivity contribution < 1.29 is 14.3 Å². The summed E-state index contributed by atoms with van der Waals surface area (Å²) in [5.41, 5.74) is 2.20. The molecule has 1 aromatic carbocycles. The van der Waals surface area contributed by atoms with Crippen molar-refractivity contribution in [2.45, 2.75) is 6.42 Å². The normalized spacial score (nSPS) is 10.6. The number of hydrogen-bond acceptors (Lipinski definition) is 4. The first kappa shape index (κ1) is 12.2. The molecule has 2 aromatic heterocycles. The molecule has 0 aliphatic rings. The fourth-order valence-corrected chi connectivity index (χ4v) is 1.87. The zero-order chi connectivity index (χ0) is 13.9. The van der Waals surface area contributed by atoms with Gasteiger partial charge in [-0.2, -0.15) is 0 Å². The molecule has 0 spiro atoms. The van der Waals surface area contributed by atoms with Gasteiger partial charge in [-0.05, 0) is 29.8 Å². The van der Waals surface area contributed by atoms with Crippen LogP contribution in [0, 0.1) is 0 Å². The Morgan fingerprint density at radius 3 is 2.70 bits per heavy atom. The molecule has 0 atom stereocenters. The van der Waals surface area contributed by atoms with Gasteiger partial charge in [-0.1, -0.05) is 17.3 Å². The van der Waals surface area contributed by atoms with Crippen molar-refractivity contribution >= 4 is 5.97 Å². The summed E-state index contributed by atoms with van der Waals surface area (Å²) in [5, 5.41) is 16.8. The Hall–Kier alpha value is -2.89. The zero-order valence-electron chi connectivity index (χ0n) is 10.4. The summed E-state index contributed by atoms with van der Waals surface area (Å²) in [6.45, 7) is 0. The number of hydrogen-bond donors (Lipinski definition) is 1. The van der Waals surface area contributed by atoms with Gasteiger partial charge in [-0.15, -0.1) is 5.10 Å². The van der Waals surface area contributed by atoms with Crippen LogP contribution in [0.1, 0.15) is 5.56 Å². The van der Waals surface area contributed by atoms with E-state index in [4.69, 9.17) is 9.52 Å². The maximum absolute atomic E-state index is 10.6. The SMILES string of the molecule is O=C(O)Cc1ccc(-n2cc(-c3ccco3)nn2)cc1. The Morgan fingerprint density at radius 2 is 2.05 bits per heavy atom. The van der Waals surface area contributed by atoms with E-state index in [0.717, 1.165) is 11.3 Å². The number of aliphatic carboxylic acids is 1. The number of furan rings is 1. The molecule has 0 unspecified atom stereocenters. The molecule has 0 radical (unpaired) electrons. The van der Waals surface area contributed by atoms with Crippen LogP contribution < -0.4 is 0 Å². The maximum Gasteiger partial charge on any atom is 0.307 e. The molecule has 6 heteroatoms. The molecule has 20 heavy (non-hydrogen) atoms. The van der Waals surface area contributed by atoms with E-state index >= 15 is 0 Å². The molecular weight excluding hydrogens is 258 g/mol. The predicted octanol–water partition coefficient (Wildman–Crippen LogP) is 2.15. The first-order chi connectivity index (χ1) is 9.72. The van der Waals surface area contributed by atoms with Crippen LogP contribution in [0.4, 0.5) is 0 Å². The highest BCUT2D eigenvalue weighted by Crippen LogP contribution is 2.18. The van der Waals surface area contributed by atoms with E-state index in [9.17, 15) is 4.79 Å². The first-order valence-corrected chi connectivity index (χ1v) is 6.00. The highest BCUT2D eigenvalue weighted by molar-refractivity contribution is 5.70. The van der Waals surface area contributed by atoms with Gasteiger partial charge in [-0.25, -0.2) is 4.68 Å². The van der Waals surface area contributed by atoms with Gasteiger partial charge in [-0.3, -0.25) is 4.79 Å². The smallest absolute Gasteiger partial charge is 0.307 e. The molecule has 100 valence electrons. The lowest BCUT2D eigenvalue weighted by molar-refractivity contribution is -0.136. The van der Waals surface area contributed by atoms with Gasteiger partial charge in [0.15, 0.2) is 5.76 Å². The summed E-state index contributed by atoms with van der Waals surface area (Å²) in [4.78, 5) is 10.6. The van der Waals surface area contributed by atoms with Crippen molar-refractivity contribution in [3.8, 4) is 17.1 Å². The number of carboxylic acid groups (broad SMARTS) is 1. The molecule has 2 heterocycles. The Morgan fingerprint density at radius 1 is 1.25 bits per heavy atom. The van der Waals surface area contributed by atoms with Crippen molar-refractivity contribution in [1.82, 2.24) is 15.0 Å². The Kier molecular flexibility index (Phi) is 3.04. The van der Waals surface area contributed by atoms with Crippen LogP contribution in [0.2, 0.25) is 0 Å². The van der Waals surface area contributed by atoms with Gasteiger partial charge in [0.05, 0.1) is 24.6 Å². The van der Waals surface area contributed by atoms with Gasteiger partial charge < -0.3 is 9.52 Å². The molecule has 0 saturated carbocycles. The Balaban J connectivity index is 1.84. The second-order valence-electron chi connectivity index (χ2n) is 4.26. The summed E-state index contributed by atoms with van der Waals surface area (Å²) in [7, 11) is 0. The summed E-state index contributed by atoms with van der Waals surface area (Å²) < 4.78 is 6.86. The number of carboxylic acids is 1. The van der Waals surface area contributed by atoms with Gasteiger partial charge in [0.1, 0.15) is 5.69 Å². The topological polar surface area (TPSA) is 81.1 Å². The Bertz CT molecular complexity index is 714. The summed E-state index contributed by atoms with van der Waals surface area (Å²) >= 11 is 0. The minimum atomic E-state index is -0.849. The molecule has 0 bridgehead atoms. The van der Waals surface area contributed by atoms with E-state index in [1.165, 1.54) is 0 Å². The largest absolute Gasteiger partial charge is 0.481 e. The summed E-state index contributed by atoms with van der Waals surface area (Å²) in [5.74, 6) is -0.197. The van der Waals surface area contributed by atoms with E-state index in [2.05, 4.69) is 10.3 Å². The second-order valence-corrected chi connectivity index (χ2v) is 4.26. The minimum absolute atomic E-state index is 0.00921. The second kappa shape index (κ2) is 5.00. The van der Waals surface area contributed by atoms with Crippen LogP contribution in [0.3, 0.4) is 0 Å². The maximum atomic E-state index is 10.6. The number of carbonyl (C=O) groups is 1. The lowest BCUT2D eigenvalue weighted by Crippen LogP contribution is -2.00. The molecule has 3 rings (SSSR count). The van der Waals surface area contributed by atoms with E-state index < -0.39 is 5.97 Å². The fourth-order valence-electron chi connectivity index (χ4n) is 1.87. The monoisotopic (exact) mass is 269 g/mol. The highest BCUT2D eigenvalue weighted by Gasteiger charge is 2.07. The lowest BCUT2D eigenvalue weighted by atomic mass is 10.1. The molecule has 3 aromatic rings. The van der Waals surface area contributed by atoms with E-state index in [1.54, 1.807) is 47.5 Å². The van der Waals surface area contributed by atoms with Crippen LogP contribution in [-0.4, -0.2) is 26.1 Å². The average molecular weight is 269 g/mol. The third-order valence-corrected chi connectivity index (χ3v) is 2.82. The van der Waals surface area contributed by atoms with Gasteiger partial charge in [0.2, 0.25) is 0 Å². The number of benzene rings is 1. The van der Waals surface area contributed by atoms with Crippen LogP contribution in [0.25, 0.3) is 17.1 Å². The van der Waals surface area contributed by atoms with Gasteiger partial charge in [0, 0.05) is 0 Å². The first-order valence-electron chi connectivity index (χ1n) is 6.00. The number of aromatic nitrogens is 3. The molecule has 0 fully saturated rings. The van der Waals surface area contributed by atoms with Crippen molar-refractivity contribution in [3.63, 3.8) is 0 Å². The fraction of sp³-hybridized carbons (Fsp3) is 0.0714. The third-order valence-electron chi connectivity index (χ3n) is 2.82.